The van der Waals surface area contributed by atoms with Crippen molar-refractivity contribution in [3.05, 3.63) is 0 Å². The molecule has 0 aliphatic rings. The van der Waals surface area contributed by atoms with Gasteiger partial charge in [-0.2, -0.15) is 0 Å². The molecule has 0 spiro atoms. The Morgan fingerprint density at radius 2 is 1.89 bits per heavy atom. The van der Waals surface area contributed by atoms with Crippen molar-refractivity contribution in [2.24, 2.45) is 0 Å². The molecule has 0 radical (unpaired) electrons. The molecule has 7 heteroatoms. The first-order valence-corrected chi connectivity index (χ1v) is 10.2. The molecule has 0 bridgehead atoms. The molecule has 3 N–H and O–H groups in total. The molecule has 0 amide bonds. The number of hydrogen-bond donors (Lipinski definition) is 3. The lowest BCUT2D eigenvalue weighted by Gasteiger charge is -2.00. The fourth-order valence-electron chi connectivity index (χ4n) is 1.26. The van der Waals surface area contributed by atoms with Crippen molar-refractivity contribution in [1.29, 1.82) is 0 Å². The fourth-order valence-corrected chi connectivity index (χ4v) is 3.11. The predicted molar refractivity (Wildman–Crippen MR) is 79.2 cm³/mol. The van der Waals surface area contributed by atoms with Gasteiger partial charge in [-0.15, -0.1) is 0 Å². The van der Waals surface area contributed by atoms with Crippen LogP contribution in [0.15, 0.2) is 0 Å². The molecular formula is C12H23O5SSi+. The van der Waals surface area contributed by atoms with E-state index in [1.54, 1.807) is 0 Å². The number of ether oxygens (including phenoxy) is 1. The summed E-state index contributed by atoms with van der Waals surface area (Å²) in [5.74, 6) is 5.54. The Balaban J connectivity index is 3.44. The molecule has 0 aromatic rings. The summed E-state index contributed by atoms with van der Waals surface area (Å²) in [5.41, 5.74) is -1.53. The zero-order chi connectivity index (χ0) is 14.6. The van der Waals surface area contributed by atoms with Crippen molar-refractivity contribution < 1.29 is 24.2 Å². The average Bonchev–Trinajstić information content (AvgIpc) is 2.35. The van der Waals surface area contributed by atoms with Gasteiger partial charge in [0.15, 0.2) is 5.75 Å². The minimum atomic E-state index is -4.13. The molecular weight excluding hydrogens is 284 g/mol. The van der Waals surface area contributed by atoms with Crippen LogP contribution in [0.5, 0.6) is 0 Å². The van der Waals surface area contributed by atoms with E-state index in [9.17, 15) is 4.79 Å². The van der Waals surface area contributed by atoms with Crippen LogP contribution in [-0.4, -0.2) is 47.0 Å². The van der Waals surface area contributed by atoms with Gasteiger partial charge in [0, 0.05) is 6.61 Å². The first kappa shape index (κ1) is 18.5. The lowest BCUT2D eigenvalue weighted by molar-refractivity contribution is 0.161. The topological polar surface area (TPSA) is 87.0 Å². The third-order valence-corrected chi connectivity index (χ3v) is 6.06. The molecule has 0 aromatic carbocycles. The largest absolute Gasteiger partial charge is 0.713 e. The summed E-state index contributed by atoms with van der Waals surface area (Å²) < 4.78 is 5.29. The summed E-state index contributed by atoms with van der Waals surface area (Å²) in [6.07, 6.45) is 5.92. The Morgan fingerprint density at radius 3 is 2.53 bits per heavy atom. The minimum Gasteiger partial charge on any atom is -0.477 e. The molecule has 19 heavy (non-hydrogen) atoms. The predicted octanol–water partition coefficient (Wildman–Crippen LogP) is 0.975. The number of unbranched alkanes of at least 4 members (excludes halogenated alkanes) is 4. The van der Waals surface area contributed by atoms with Crippen LogP contribution in [0.3, 0.4) is 0 Å². The average molecular weight is 307 g/mol. The monoisotopic (exact) mass is 307 g/mol. The van der Waals surface area contributed by atoms with Gasteiger partial charge < -0.3 is 19.4 Å². The van der Waals surface area contributed by atoms with E-state index in [0.29, 0.717) is 13.2 Å². The van der Waals surface area contributed by atoms with Crippen LogP contribution in [0.2, 0.25) is 0 Å². The Kier molecular flexibility index (Phi) is 11.0. The van der Waals surface area contributed by atoms with E-state index >= 15 is 0 Å². The Bertz CT molecular complexity index is 311. The fraction of sp³-hybridized carbons (Fsp3) is 0.750. The highest BCUT2D eigenvalue weighted by atomic mass is 32.4. The molecule has 0 saturated heterocycles. The molecule has 0 rings (SSSR count). The van der Waals surface area contributed by atoms with E-state index in [-0.39, 0.29) is 17.0 Å². The smallest absolute Gasteiger partial charge is 0.477 e. The van der Waals surface area contributed by atoms with E-state index in [2.05, 4.69) is 18.8 Å². The van der Waals surface area contributed by atoms with Crippen molar-refractivity contribution in [3.8, 4) is 11.8 Å². The van der Waals surface area contributed by atoms with Crippen LogP contribution in [0.1, 0.15) is 39.0 Å². The first-order chi connectivity index (χ1) is 9.00. The number of hydrogen-bond acceptors (Lipinski definition) is 4. The normalized spacial score (nSPS) is 10.9. The van der Waals surface area contributed by atoms with Crippen molar-refractivity contribution in [2.45, 2.75) is 39.0 Å². The highest BCUT2D eigenvalue weighted by Gasteiger charge is 2.53. The lowest BCUT2D eigenvalue weighted by atomic mass is 10.2. The molecule has 0 aliphatic heterocycles. The summed E-state index contributed by atoms with van der Waals surface area (Å²) in [5, 5.41) is 8.48. The van der Waals surface area contributed by atoms with Crippen molar-refractivity contribution in [3.63, 3.8) is 0 Å². The third kappa shape index (κ3) is 11.0. The molecule has 0 aromatic heterocycles. The zero-order valence-corrected chi connectivity index (χ0v) is 13.2. The zero-order valence-electron chi connectivity index (χ0n) is 11.3. The van der Waals surface area contributed by atoms with E-state index in [1.807, 2.05) is 0 Å². The van der Waals surface area contributed by atoms with Gasteiger partial charge >= 0.3 is 13.3 Å². The highest BCUT2D eigenvalue weighted by Crippen LogP contribution is 2.02. The second-order valence-corrected chi connectivity index (χ2v) is 9.23. The van der Waals surface area contributed by atoms with Crippen LogP contribution < -0.4 is 0 Å². The summed E-state index contributed by atoms with van der Waals surface area (Å²) in [6, 6.07) is 0. The van der Waals surface area contributed by atoms with Crippen LogP contribution in [0.25, 0.3) is 0 Å². The summed E-state index contributed by atoms with van der Waals surface area (Å²) in [6.45, 7) is 3.16. The molecule has 0 unspecified atom stereocenters. The first-order valence-electron chi connectivity index (χ1n) is 6.41. The highest BCUT2D eigenvalue weighted by molar-refractivity contribution is 8.13. The number of carbonyl (C=O) groups is 1. The van der Waals surface area contributed by atoms with Crippen LogP contribution in [0.4, 0.5) is 4.79 Å². The number of rotatable bonds is 10. The van der Waals surface area contributed by atoms with E-state index in [4.69, 9.17) is 19.4 Å². The SMILES string of the molecule is CCCCCCCOCC#CC[SH+][Si](O)(O)C(=O)O. The molecule has 0 heterocycles. The van der Waals surface area contributed by atoms with E-state index in [0.717, 1.165) is 6.42 Å². The van der Waals surface area contributed by atoms with Gasteiger partial charge in [-0.1, -0.05) is 38.5 Å². The number of thiol groups is 1. The van der Waals surface area contributed by atoms with Crippen LogP contribution in [-0.2, 0) is 15.9 Å². The molecule has 5 nitrogen and oxygen atoms in total. The Morgan fingerprint density at radius 1 is 1.21 bits per heavy atom. The van der Waals surface area contributed by atoms with Gasteiger partial charge in [-0.3, -0.25) is 0 Å². The Hall–Kier alpha value is -0.523. The lowest BCUT2D eigenvalue weighted by Crippen LogP contribution is -2.46. The number of carboxylic acid groups (broad SMARTS) is 1. The molecule has 0 saturated carbocycles. The van der Waals surface area contributed by atoms with Crippen molar-refractivity contribution in [1.82, 2.24) is 0 Å². The molecule has 0 fully saturated rings. The van der Waals surface area contributed by atoms with Gasteiger partial charge in [0.1, 0.15) is 6.61 Å². The quantitative estimate of drug-likeness (QED) is 0.184. The third-order valence-electron chi connectivity index (χ3n) is 2.36. The van der Waals surface area contributed by atoms with E-state index in [1.165, 1.54) is 25.7 Å². The maximum Gasteiger partial charge on any atom is 0.713 e. The molecule has 0 aliphatic carbocycles. The Labute approximate surface area is 119 Å². The maximum atomic E-state index is 10.4. The van der Waals surface area contributed by atoms with Crippen molar-refractivity contribution >= 4 is 24.5 Å². The summed E-state index contributed by atoms with van der Waals surface area (Å²) >= 11 is 0.0790. The summed E-state index contributed by atoms with van der Waals surface area (Å²) in [4.78, 5) is 28.7. The second-order valence-electron chi connectivity index (χ2n) is 4.08. The van der Waals surface area contributed by atoms with Gasteiger partial charge in [-0.25, -0.2) is 4.79 Å². The second kappa shape index (κ2) is 11.3. The van der Waals surface area contributed by atoms with Gasteiger partial charge in [-0.05, 0) is 23.6 Å². The van der Waals surface area contributed by atoms with Crippen LogP contribution in [0, 0.1) is 11.8 Å². The minimum absolute atomic E-state index is 0.0790. The van der Waals surface area contributed by atoms with Gasteiger partial charge in [0.05, 0.1) is 0 Å². The van der Waals surface area contributed by atoms with Crippen LogP contribution >= 0.6 is 0 Å². The van der Waals surface area contributed by atoms with E-state index < -0.39 is 13.3 Å². The van der Waals surface area contributed by atoms with Crippen molar-refractivity contribution in [2.75, 3.05) is 19.0 Å². The molecule has 110 valence electrons. The van der Waals surface area contributed by atoms with Gasteiger partial charge in [0.2, 0.25) is 0 Å². The summed E-state index contributed by atoms with van der Waals surface area (Å²) in [7, 11) is -4.13. The standard InChI is InChI=1S/C12H22O5SSi/c1-2-3-4-5-6-9-17-10-7-8-11-18-19(15,16)12(13)14/h15-16H,2-6,9-11H2,1H3,(H,13,14)/p+1. The van der Waals surface area contributed by atoms with Gasteiger partial charge in [0.25, 0.3) is 0 Å². The molecule has 0 atom stereocenters. The maximum absolute atomic E-state index is 10.4.